The molecule has 0 saturated heterocycles. The molecule has 0 fully saturated rings. The third-order valence-corrected chi connectivity index (χ3v) is 7.51. The average molecular weight is 588 g/mol. The maximum atomic E-state index is 13.2. The van der Waals surface area contributed by atoms with E-state index in [4.69, 9.17) is 0 Å². The van der Waals surface area contributed by atoms with E-state index >= 15 is 0 Å². The van der Waals surface area contributed by atoms with E-state index in [1.165, 1.54) is 23.9 Å². The van der Waals surface area contributed by atoms with E-state index in [1.807, 2.05) is 96.4 Å². The number of halogens is 3. The number of nitrogens with zero attached hydrogens (tertiary/aromatic N) is 3. The van der Waals surface area contributed by atoms with Crippen LogP contribution in [0.4, 0.5) is 23.7 Å². The van der Waals surface area contributed by atoms with Crippen molar-refractivity contribution in [3.63, 3.8) is 0 Å². The Bertz CT molecular complexity index is 1620. The lowest BCUT2D eigenvalue weighted by Crippen LogP contribution is -2.35. The van der Waals surface area contributed by atoms with Crippen molar-refractivity contribution in [2.24, 2.45) is 0 Å². The van der Waals surface area contributed by atoms with Gasteiger partial charge in [-0.2, -0.15) is 13.2 Å². The molecule has 214 valence electrons. The van der Waals surface area contributed by atoms with Gasteiger partial charge in [-0.25, -0.2) is 4.79 Å². The third-order valence-electron chi connectivity index (χ3n) is 6.51. The van der Waals surface area contributed by atoms with Crippen molar-refractivity contribution in [1.29, 1.82) is 0 Å². The molecule has 0 aliphatic rings. The van der Waals surface area contributed by atoms with E-state index in [2.05, 4.69) is 20.8 Å². The number of rotatable bonds is 9. The zero-order valence-electron chi connectivity index (χ0n) is 22.7. The smallest absolute Gasteiger partial charge is 0.327 e. The number of hydrogen-bond acceptors (Lipinski definition) is 4. The van der Waals surface area contributed by atoms with Crippen LogP contribution in [0.3, 0.4) is 0 Å². The summed E-state index contributed by atoms with van der Waals surface area (Å²) < 4.78 is 41.6. The number of nitrogens with one attached hydrogen (secondary N) is 2. The second-order valence-corrected chi connectivity index (χ2v) is 10.6. The molecule has 1 unspecified atom stereocenters. The molecule has 5 aromatic rings. The number of benzene rings is 4. The Kier molecular flexibility index (Phi) is 8.92. The van der Waals surface area contributed by atoms with Crippen LogP contribution in [0.15, 0.2) is 114 Å². The lowest BCUT2D eigenvalue weighted by molar-refractivity contribution is -0.137. The van der Waals surface area contributed by atoms with Gasteiger partial charge in [-0.05, 0) is 48.4 Å². The molecule has 0 bridgehead atoms. The second-order valence-electron chi connectivity index (χ2n) is 9.71. The van der Waals surface area contributed by atoms with E-state index in [9.17, 15) is 18.0 Å². The fourth-order valence-electron chi connectivity index (χ4n) is 4.41. The summed E-state index contributed by atoms with van der Waals surface area (Å²) in [5, 5.41) is 15.2. The molecule has 4 aromatic carbocycles. The number of amides is 2. The van der Waals surface area contributed by atoms with Crippen LogP contribution in [-0.2, 0) is 18.3 Å². The van der Waals surface area contributed by atoms with Crippen molar-refractivity contribution in [3.8, 4) is 5.69 Å². The maximum Gasteiger partial charge on any atom is 0.416 e. The number of thioether (sulfide) groups is 1. The van der Waals surface area contributed by atoms with E-state index in [0.29, 0.717) is 23.2 Å². The highest BCUT2D eigenvalue weighted by Crippen LogP contribution is 2.31. The summed E-state index contributed by atoms with van der Waals surface area (Å²) in [6.07, 6.45) is -4.15. The number of aryl methyl sites for hydroxylation is 1. The quantitative estimate of drug-likeness (QED) is 0.172. The molecule has 0 saturated carbocycles. The van der Waals surface area contributed by atoms with Crippen LogP contribution in [0.5, 0.6) is 0 Å². The minimum atomic E-state index is -4.53. The van der Waals surface area contributed by atoms with E-state index in [0.717, 1.165) is 34.5 Å². The maximum absolute atomic E-state index is 13.2. The van der Waals surface area contributed by atoms with Crippen LogP contribution >= 0.6 is 11.8 Å². The molecule has 0 spiro atoms. The SMILES string of the molecule is Cc1ccc(-n2c(SCc3ccccc3)nnc2C(Cc2ccccc2)NC(=O)Nc2cccc(C(F)(F)F)c2)cc1. The summed E-state index contributed by atoms with van der Waals surface area (Å²) in [7, 11) is 0. The predicted octanol–water partition coefficient (Wildman–Crippen LogP) is 7.99. The highest BCUT2D eigenvalue weighted by Gasteiger charge is 2.31. The second kappa shape index (κ2) is 12.9. The molecule has 0 aliphatic heterocycles. The standard InChI is InChI=1S/C32H28F3N5OS/c1-22-15-17-27(18-16-22)40-29(38-39-31(40)42-21-24-11-6-3-7-12-24)28(19-23-9-4-2-5-10-23)37-30(41)36-26-14-8-13-25(20-26)32(33,34)35/h2-18,20,28H,19,21H2,1H3,(H2,36,37,41). The van der Waals surface area contributed by atoms with E-state index < -0.39 is 23.8 Å². The van der Waals surface area contributed by atoms with Gasteiger partial charge in [0.25, 0.3) is 0 Å². The van der Waals surface area contributed by atoms with Crippen LogP contribution in [-0.4, -0.2) is 20.8 Å². The minimum Gasteiger partial charge on any atom is -0.327 e. The van der Waals surface area contributed by atoms with Crippen LogP contribution in [0, 0.1) is 6.92 Å². The summed E-state index contributed by atoms with van der Waals surface area (Å²) in [4.78, 5) is 13.2. The lowest BCUT2D eigenvalue weighted by Gasteiger charge is -2.21. The number of hydrogen-bond donors (Lipinski definition) is 2. The van der Waals surface area contributed by atoms with Gasteiger partial charge in [0.15, 0.2) is 11.0 Å². The molecule has 6 nitrogen and oxygen atoms in total. The minimum absolute atomic E-state index is 0.0277. The number of urea groups is 1. The molecular weight excluding hydrogens is 559 g/mol. The normalized spacial score (nSPS) is 12.1. The number of carbonyl (C=O) groups is 1. The molecule has 1 heterocycles. The molecule has 42 heavy (non-hydrogen) atoms. The molecule has 1 atom stereocenters. The van der Waals surface area contributed by atoms with Crippen LogP contribution in [0.25, 0.3) is 5.69 Å². The highest BCUT2D eigenvalue weighted by molar-refractivity contribution is 7.98. The fraction of sp³-hybridized carbons (Fsp3) is 0.156. The van der Waals surface area contributed by atoms with Gasteiger partial charge in [-0.3, -0.25) is 4.57 Å². The van der Waals surface area contributed by atoms with Crippen molar-refractivity contribution in [1.82, 2.24) is 20.1 Å². The largest absolute Gasteiger partial charge is 0.416 e. The van der Waals surface area contributed by atoms with Crippen molar-refractivity contribution in [2.75, 3.05) is 5.32 Å². The van der Waals surface area contributed by atoms with Crippen molar-refractivity contribution >= 4 is 23.5 Å². The Hall–Kier alpha value is -4.57. The monoisotopic (exact) mass is 587 g/mol. The van der Waals surface area contributed by atoms with Gasteiger partial charge in [0.05, 0.1) is 11.6 Å². The Morgan fingerprint density at radius 1 is 0.857 bits per heavy atom. The third kappa shape index (κ3) is 7.38. The number of aromatic nitrogens is 3. The summed E-state index contributed by atoms with van der Waals surface area (Å²) in [5.41, 5.74) is 3.17. The summed E-state index contributed by atoms with van der Waals surface area (Å²) in [6.45, 7) is 2.00. The van der Waals surface area contributed by atoms with Gasteiger partial charge in [0, 0.05) is 23.5 Å². The van der Waals surface area contributed by atoms with Gasteiger partial charge in [-0.1, -0.05) is 96.2 Å². The number of anilines is 1. The van der Waals surface area contributed by atoms with Gasteiger partial charge < -0.3 is 10.6 Å². The first-order valence-electron chi connectivity index (χ1n) is 13.2. The van der Waals surface area contributed by atoms with Crippen molar-refractivity contribution in [2.45, 2.75) is 36.5 Å². The van der Waals surface area contributed by atoms with Gasteiger partial charge >= 0.3 is 12.2 Å². The Morgan fingerprint density at radius 2 is 1.52 bits per heavy atom. The Morgan fingerprint density at radius 3 is 2.19 bits per heavy atom. The highest BCUT2D eigenvalue weighted by atomic mass is 32.2. The fourth-order valence-corrected chi connectivity index (χ4v) is 5.33. The summed E-state index contributed by atoms with van der Waals surface area (Å²) in [5.74, 6) is 1.16. The molecule has 2 N–H and O–H groups in total. The molecule has 2 amide bonds. The zero-order valence-corrected chi connectivity index (χ0v) is 23.5. The van der Waals surface area contributed by atoms with Crippen molar-refractivity contribution < 1.29 is 18.0 Å². The number of carbonyl (C=O) groups excluding carboxylic acids is 1. The van der Waals surface area contributed by atoms with E-state index in [-0.39, 0.29) is 5.69 Å². The van der Waals surface area contributed by atoms with Crippen LogP contribution in [0.1, 0.15) is 34.1 Å². The zero-order chi connectivity index (χ0) is 29.5. The summed E-state index contributed by atoms with van der Waals surface area (Å²) in [6, 6.07) is 30.7. The summed E-state index contributed by atoms with van der Waals surface area (Å²) >= 11 is 1.52. The first kappa shape index (κ1) is 28.9. The molecule has 10 heteroatoms. The average Bonchev–Trinajstić information content (AvgIpc) is 3.41. The topological polar surface area (TPSA) is 71.8 Å². The van der Waals surface area contributed by atoms with E-state index in [1.54, 1.807) is 0 Å². The molecule has 5 rings (SSSR count). The molecule has 1 aromatic heterocycles. The van der Waals surface area contributed by atoms with Gasteiger partial charge in [0.1, 0.15) is 0 Å². The lowest BCUT2D eigenvalue weighted by atomic mass is 10.1. The molecule has 0 aliphatic carbocycles. The molecule has 0 radical (unpaired) electrons. The van der Waals surface area contributed by atoms with Gasteiger partial charge in [-0.15, -0.1) is 10.2 Å². The first-order valence-corrected chi connectivity index (χ1v) is 14.2. The predicted molar refractivity (Wildman–Crippen MR) is 159 cm³/mol. The van der Waals surface area contributed by atoms with Crippen molar-refractivity contribution in [3.05, 3.63) is 137 Å². The van der Waals surface area contributed by atoms with Crippen LogP contribution in [0.2, 0.25) is 0 Å². The molecular formula is C32H28F3N5OS. The Balaban J connectivity index is 1.48. The first-order chi connectivity index (χ1) is 20.3. The van der Waals surface area contributed by atoms with Crippen LogP contribution < -0.4 is 10.6 Å². The number of alkyl halides is 3. The van der Waals surface area contributed by atoms with Gasteiger partial charge in [0.2, 0.25) is 0 Å². The Labute approximate surface area is 246 Å².